The van der Waals surface area contributed by atoms with Crippen LogP contribution in [0.1, 0.15) is 56.1 Å². The van der Waals surface area contributed by atoms with E-state index in [1.807, 2.05) is 23.1 Å². The molecule has 5 atom stereocenters. The SMILES string of the molecule is Cc1cccc(C[C@@H](O)/C=C/[C@@H]2[C@H]3CC(CCCC(=O)N4CCCC4)=C[C@H]3C[C@H]2O)c1. The van der Waals surface area contributed by atoms with Crippen LogP contribution < -0.4 is 0 Å². The van der Waals surface area contributed by atoms with Crippen molar-refractivity contribution in [2.75, 3.05) is 13.1 Å². The highest BCUT2D eigenvalue weighted by atomic mass is 16.3. The van der Waals surface area contributed by atoms with Crippen LogP contribution in [0.3, 0.4) is 0 Å². The summed E-state index contributed by atoms with van der Waals surface area (Å²) in [6, 6.07) is 8.25. The van der Waals surface area contributed by atoms with Crippen molar-refractivity contribution < 1.29 is 15.0 Å². The number of carbonyl (C=O) groups is 1. The summed E-state index contributed by atoms with van der Waals surface area (Å²) in [5.74, 6) is 1.29. The molecule has 1 aromatic carbocycles. The third kappa shape index (κ3) is 5.67. The van der Waals surface area contributed by atoms with Crippen LogP contribution in [-0.2, 0) is 11.2 Å². The van der Waals surface area contributed by atoms with E-state index < -0.39 is 6.10 Å². The number of hydrogen-bond donors (Lipinski definition) is 2. The predicted octanol–water partition coefficient (Wildman–Crippen LogP) is 4.19. The molecule has 1 amide bonds. The fraction of sp³-hybridized carbons (Fsp3) is 0.593. The number of carbonyl (C=O) groups excluding carboxylic acids is 1. The van der Waals surface area contributed by atoms with Crippen LogP contribution in [0.2, 0.25) is 0 Å². The maximum absolute atomic E-state index is 12.2. The van der Waals surface area contributed by atoms with Gasteiger partial charge in [-0.15, -0.1) is 0 Å². The second kappa shape index (κ2) is 10.1. The summed E-state index contributed by atoms with van der Waals surface area (Å²) in [4.78, 5) is 14.3. The molecule has 1 saturated heterocycles. The summed E-state index contributed by atoms with van der Waals surface area (Å²) in [6.07, 6.45) is 12.8. The second-order valence-corrected chi connectivity index (χ2v) is 9.82. The van der Waals surface area contributed by atoms with Gasteiger partial charge in [0.2, 0.25) is 5.91 Å². The van der Waals surface area contributed by atoms with Gasteiger partial charge in [0.05, 0.1) is 12.2 Å². The van der Waals surface area contributed by atoms with E-state index in [9.17, 15) is 15.0 Å². The Morgan fingerprint density at radius 1 is 1.29 bits per heavy atom. The van der Waals surface area contributed by atoms with Crippen molar-refractivity contribution in [2.24, 2.45) is 17.8 Å². The molecule has 1 saturated carbocycles. The maximum Gasteiger partial charge on any atom is 0.222 e. The molecule has 4 nitrogen and oxygen atoms in total. The Labute approximate surface area is 186 Å². The van der Waals surface area contributed by atoms with Gasteiger partial charge in [0.15, 0.2) is 0 Å². The van der Waals surface area contributed by atoms with Crippen molar-refractivity contribution in [2.45, 2.75) is 70.5 Å². The fourth-order valence-corrected chi connectivity index (χ4v) is 5.79. The maximum atomic E-state index is 12.2. The molecule has 4 rings (SSSR count). The Kier molecular flexibility index (Phi) is 7.29. The zero-order chi connectivity index (χ0) is 21.8. The Morgan fingerprint density at radius 3 is 2.87 bits per heavy atom. The molecule has 3 aliphatic rings. The molecule has 2 aliphatic carbocycles. The Bertz CT molecular complexity index is 824. The van der Waals surface area contributed by atoms with Gasteiger partial charge in [-0.2, -0.15) is 0 Å². The highest BCUT2D eigenvalue weighted by Gasteiger charge is 2.43. The summed E-state index contributed by atoms with van der Waals surface area (Å²) in [5.41, 5.74) is 3.79. The molecule has 31 heavy (non-hydrogen) atoms. The average molecular weight is 424 g/mol. The number of benzene rings is 1. The number of rotatable bonds is 8. The lowest BCUT2D eigenvalue weighted by Crippen LogP contribution is -2.27. The van der Waals surface area contributed by atoms with Gasteiger partial charge in [-0.1, -0.05) is 53.6 Å². The van der Waals surface area contributed by atoms with Gasteiger partial charge in [0, 0.05) is 31.8 Å². The molecular weight excluding hydrogens is 386 g/mol. The highest BCUT2D eigenvalue weighted by molar-refractivity contribution is 5.76. The number of fused-ring (bicyclic) bond motifs is 1. The van der Waals surface area contributed by atoms with E-state index in [0.29, 0.717) is 30.6 Å². The topological polar surface area (TPSA) is 60.8 Å². The van der Waals surface area contributed by atoms with Crippen molar-refractivity contribution in [3.05, 3.63) is 59.2 Å². The molecule has 2 N–H and O–H groups in total. The van der Waals surface area contributed by atoms with Crippen molar-refractivity contribution in [3.63, 3.8) is 0 Å². The van der Waals surface area contributed by atoms with Gasteiger partial charge in [0.25, 0.3) is 0 Å². The first-order chi connectivity index (χ1) is 15.0. The summed E-state index contributed by atoms with van der Waals surface area (Å²) in [7, 11) is 0. The van der Waals surface area contributed by atoms with Crippen LogP contribution in [0.15, 0.2) is 48.1 Å². The number of aryl methyl sites for hydroxylation is 1. The molecule has 0 unspecified atom stereocenters. The van der Waals surface area contributed by atoms with Gasteiger partial charge in [0.1, 0.15) is 0 Å². The zero-order valence-electron chi connectivity index (χ0n) is 18.7. The second-order valence-electron chi connectivity index (χ2n) is 9.82. The number of aliphatic hydroxyl groups excluding tert-OH is 2. The minimum atomic E-state index is -0.529. The van der Waals surface area contributed by atoms with Crippen molar-refractivity contribution in [3.8, 4) is 0 Å². The Hall–Kier alpha value is -1.91. The molecule has 1 heterocycles. The van der Waals surface area contributed by atoms with E-state index in [1.165, 1.54) is 11.1 Å². The van der Waals surface area contributed by atoms with Crippen LogP contribution in [0, 0.1) is 24.7 Å². The first-order valence-electron chi connectivity index (χ1n) is 12.1. The predicted molar refractivity (Wildman–Crippen MR) is 123 cm³/mol. The van der Waals surface area contributed by atoms with Crippen LogP contribution in [0.5, 0.6) is 0 Å². The van der Waals surface area contributed by atoms with Crippen molar-refractivity contribution >= 4 is 5.91 Å². The minimum Gasteiger partial charge on any atom is -0.392 e. The zero-order valence-corrected chi connectivity index (χ0v) is 18.7. The molecule has 1 aromatic rings. The summed E-state index contributed by atoms with van der Waals surface area (Å²) >= 11 is 0. The van der Waals surface area contributed by atoms with E-state index in [0.717, 1.165) is 57.2 Å². The first-order valence-corrected chi connectivity index (χ1v) is 12.1. The lowest BCUT2D eigenvalue weighted by atomic mass is 9.88. The Morgan fingerprint density at radius 2 is 2.10 bits per heavy atom. The third-order valence-corrected chi connectivity index (χ3v) is 7.38. The number of allylic oxidation sites excluding steroid dienone is 2. The van der Waals surface area contributed by atoms with E-state index in [-0.39, 0.29) is 12.0 Å². The van der Waals surface area contributed by atoms with Crippen LogP contribution in [-0.4, -0.2) is 46.3 Å². The van der Waals surface area contributed by atoms with E-state index >= 15 is 0 Å². The largest absolute Gasteiger partial charge is 0.392 e. The normalized spacial score (nSPS) is 28.9. The third-order valence-electron chi connectivity index (χ3n) is 7.38. The summed E-state index contributed by atoms with van der Waals surface area (Å²) in [6.45, 7) is 3.94. The van der Waals surface area contributed by atoms with Gasteiger partial charge in [-0.05, 0) is 62.8 Å². The van der Waals surface area contributed by atoms with Crippen molar-refractivity contribution in [1.82, 2.24) is 4.90 Å². The Balaban J connectivity index is 1.25. The molecule has 0 bridgehead atoms. The van der Waals surface area contributed by atoms with Crippen LogP contribution >= 0.6 is 0 Å². The number of amides is 1. The lowest BCUT2D eigenvalue weighted by Gasteiger charge is -2.19. The number of hydrogen-bond acceptors (Lipinski definition) is 3. The molecule has 2 fully saturated rings. The monoisotopic (exact) mass is 423 g/mol. The molecule has 1 aliphatic heterocycles. The molecule has 4 heteroatoms. The van der Waals surface area contributed by atoms with Crippen LogP contribution in [0.25, 0.3) is 0 Å². The van der Waals surface area contributed by atoms with Gasteiger partial charge in [-0.3, -0.25) is 4.79 Å². The fourth-order valence-electron chi connectivity index (χ4n) is 5.79. The molecule has 0 aromatic heterocycles. The smallest absolute Gasteiger partial charge is 0.222 e. The number of likely N-dealkylation sites (tertiary alicyclic amines) is 1. The summed E-state index contributed by atoms with van der Waals surface area (Å²) in [5, 5.41) is 21.1. The van der Waals surface area contributed by atoms with E-state index in [4.69, 9.17) is 0 Å². The highest BCUT2D eigenvalue weighted by Crippen LogP contribution is 2.48. The molecule has 0 radical (unpaired) electrons. The van der Waals surface area contributed by atoms with Gasteiger partial charge >= 0.3 is 0 Å². The quantitative estimate of drug-likeness (QED) is 0.617. The first kappa shape index (κ1) is 22.3. The van der Waals surface area contributed by atoms with E-state index in [1.54, 1.807) is 0 Å². The number of nitrogens with zero attached hydrogens (tertiary/aromatic N) is 1. The standard InChI is InChI=1S/C27H37NO3/c1-19-6-4-7-20(14-19)16-23(29)10-11-24-25-17-21(15-22(25)18-26(24)30)8-5-9-27(31)28-12-2-3-13-28/h4,6-7,10-11,14-15,22-26,29-30H,2-3,5,8-9,12-13,16-18H2,1H3/b11-10+/t22-,23-,24+,25-,26+/m0/s1. The van der Waals surface area contributed by atoms with Crippen LogP contribution in [0.4, 0.5) is 0 Å². The molecule has 168 valence electrons. The minimum absolute atomic E-state index is 0.108. The molecule has 0 spiro atoms. The average Bonchev–Trinajstić information content (AvgIpc) is 3.44. The van der Waals surface area contributed by atoms with E-state index in [2.05, 4.69) is 31.2 Å². The number of aliphatic hydroxyl groups is 2. The van der Waals surface area contributed by atoms with Crippen molar-refractivity contribution in [1.29, 1.82) is 0 Å². The van der Waals surface area contributed by atoms with Gasteiger partial charge in [-0.25, -0.2) is 0 Å². The molecular formula is C27H37NO3. The lowest BCUT2D eigenvalue weighted by molar-refractivity contribution is -0.130. The van der Waals surface area contributed by atoms with Gasteiger partial charge < -0.3 is 15.1 Å². The summed E-state index contributed by atoms with van der Waals surface area (Å²) < 4.78 is 0.